The zero-order chi connectivity index (χ0) is 51.0. The van der Waals surface area contributed by atoms with E-state index < -0.39 is 22.5 Å². The molecule has 2 fully saturated rings. The summed E-state index contributed by atoms with van der Waals surface area (Å²) in [6, 6.07) is 29.1. The molecule has 374 valence electrons. The van der Waals surface area contributed by atoms with Crippen molar-refractivity contribution in [1.82, 2.24) is 43.1 Å². The summed E-state index contributed by atoms with van der Waals surface area (Å²) in [4.78, 5) is 85.5. The van der Waals surface area contributed by atoms with Gasteiger partial charge in [-0.1, -0.05) is 99.1 Å². The van der Waals surface area contributed by atoms with Crippen LogP contribution in [-0.2, 0) is 32.6 Å². The summed E-state index contributed by atoms with van der Waals surface area (Å²) < 4.78 is 35.0. The second-order valence-corrected chi connectivity index (χ2v) is 19.5. The smallest absolute Gasteiger partial charge is 0.329 e. The summed E-state index contributed by atoms with van der Waals surface area (Å²) in [6.45, 7) is 14.3. The molecule has 0 atom stereocenters. The molecule has 0 aliphatic carbocycles. The van der Waals surface area contributed by atoms with E-state index in [1.807, 2.05) is 29.2 Å². The number of imidazole rings is 2. The lowest BCUT2D eigenvalue weighted by Gasteiger charge is -2.36. The maximum absolute atomic E-state index is 14.6. The number of aryl methyl sites for hydroxylation is 3. The summed E-state index contributed by atoms with van der Waals surface area (Å²) in [7, 11) is 3.11. The Morgan fingerprint density at radius 1 is 0.583 bits per heavy atom. The van der Waals surface area contributed by atoms with Crippen molar-refractivity contribution >= 4 is 45.7 Å². The van der Waals surface area contributed by atoms with E-state index in [4.69, 9.17) is 0 Å². The summed E-state index contributed by atoms with van der Waals surface area (Å²) >= 11 is 0. The number of ketones is 1. The highest BCUT2D eigenvalue weighted by atomic mass is 19.1. The number of hydrogen-bond acceptors (Lipinski definition) is 11. The molecule has 2 saturated heterocycles. The average molecular weight is 981 g/mol. The number of Topliss-reactive ketones (excluding diaryl/α,β-unsaturated/α-hetero) is 1. The molecule has 0 spiro atoms. The minimum Gasteiger partial charge on any atom is -0.368 e. The number of benzene rings is 4. The lowest BCUT2D eigenvalue weighted by atomic mass is 9.86. The topological polar surface area (TPSA) is 175 Å². The van der Waals surface area contributed by atoms with Gasteiger partial charge in [-0.2, -0.15) is 9.97 Å². The van der Waals surface area contributed by atoms with Crippen LogP contribution in [0, 0.1) is 18.6 Å². The number of hydrogen-bond donors (Lipinski definition) is 2. The Balaban J connectivity index is 0.000000180. The maximum atomic E-state index is 14.6. The van der Waals surface area contributed by atoms with Crippen LogP contribution < -0.4 is 37.2 Å². The highest BCUT2D eigenvalue weighted by Crippen LogP contribution is 2.27. The van der Waals surface area contributed by atoms with Crippen LogP contribution in [-0.4, -0.2) is 108 Å². The van der Waals surface area contributed by atoms with Crippen LogP contribution in [0.5, 0.6) is 0 Å². The number of H-pyrrole nitrogens is 2. The number of nitrogens with one attached hydrogen (secondary N) is 2. The van der Waals surface area contributed by atoms with Crippen LogP contribution in [0.2, 0.25) is 0 Å². The molecule has 2 aliphatic heterocycles. The first-order valence-electron chi connectivity index (χ1n) is 24.0. The third-order valence-corrected chi connectivity index (χ3v) is 13.6. The lowest BCUT2D eigenvalue weighted by Crippen LogP contribution is -2.48. The number of halogens is 2. The molecule has 17 nitrogen and oxygen atoms in total. The molecule has 8 aromatic rings. The van der Waals surface area contributed by atoms with Gasteiger partial charge in [0.15, 0.2) is 28.1 Å². The molecule has 0 bridgehead atoms. The van der Waals surface area contributed by atoms with E-state index in [2.05, 4.69) is 86.6 Å². The zero-order valence-corrected chi connectivity index (χ0v) is 41.3. The van der Waals surface area contributed by atoms with E-state index in [-0.39, 0.29) is 58.2 Å². The van der Waals surface area contributed by atoms with Crippen molar-refractivity contribution in [3.05, 3.63) is 178 Å². The Morgan fingerprint density at radius 2 is 1.01 bits per heavy atom. The monoisotopic (exact) mass is 980 g/mol. The first-order chi connectivity index (χ1) is 34.4. The maximum Gasteiger partial charge on any atom is 0.329 e. The number of nitrogens with zero attached hydrogens (tertiary/aromatic N) is 10. The molecule has 4 aromatic heterocycles. The van der Waals surface area contributed by atoms with Crippen LogP contribution in [0.15, 0.2) is 116 Å². The van der Waals surface area contributed by atoms with Gasteiger partial charge in [-0.15, -0.1) is 0 Å². The normalized spacial score (nSPS) is 14.5. The summed E-state index contributed by atoms with van der Waals surface area (Å²) in [5.41, 5.74) is 3.97. The number of anilines is 3. The van der Waals surface area contributed by atoms with Gasteiger partial charge in [0, 0.05) is 88.8 Å². The van der Waals surface area contributed by atoms with E-state index in [1.165, 1.54) is 38.1 Å². The number of carbonyl (C=O) groups excluding carboxylic acids is 1. The Morgan fingerprint density at radius 3 is 1.46 bits per heavy atom. The highest BCUT2D eigenvalue weighted by molar-refractivity contribution is 5.97. The number of piperazine rings is 2. The van der Waals surface area contributed by atoms with Crippen LogP contribution in [0.25, 0.3) is 22.3 Å². The largest absolute Gasteiger partial charge is 0.368 e. The molecular formula is C53H58F2N12O5. The first-order valence-corrected chi connectivity index (χ1v) is 24.0. The quantitative estimate of drug-likeness (QED) is 0.173. The number of fused-ring (bicyclic) bond motifs is 2. The number of carbonyl (C=O) groups is 1. The lowest BCUT2D eigenvalue weighted by molar-refractivity contribution is 0.0926. The van der Waals surface area contributed by atoms with Crippen molar-refractivity contribution in [3.63, 3.8) is 0 Å². The van der Waals surface area contributed by atoms with Crippen LogP contribution in [0.1, 0.15) is 53.4 Å². The second kappa shape index (κ2) is 20.1. The number of aromatic amines is 2. The van der Waals surface area contributed by atoms with Gasteiger partial charge in [0.1, 0.15) is 11.6 Å². The van der Waals surface area contributed by atoms with Gasteiger partial charge in [0.25, 0.3) is 11.1 Å². The fraction of sp³-hybridized carbons (Fsp3) is 0.340. The Labute approximate surface area is 413 Å². The molecule has 19 heteroatoms. The molecule has 2 N–H and O–H groups in total. The van der Waals surface area contributed by atoms with Crippen LogP contribution in [0.4, 0.5) is 26.4 Å². The van der Waals surface area contributed by atoms with Crippen molar-refractivity contribution < 1.29 is 13.6 Å². The zero-order valence-electron chi connectivity index (χ0n) is 41.3. The SMILES string of the molecule is Cc1ccc(N2CCN(c3nc4c(c(=O)[nH]c(=O)n4C)n3Cc3ccccc3F)CC2)cc1.Cn1c(=O)[nH]c(=O)c2c1nc(N1CCN(CC(=O)c3ccc(C(C)(C)C)cc3)CC1)n2Cc1ccccc1F. The summed E-state index contributed by atoms with van der Waals surface area (Å²) in [5.74, 6) is 0.380. The van der Waals surface area contributed by atoms with Gasteiger partial charge in [-0.3, -0.25) is 47.5 Å². The number of aromatic nitrogens is 8. The third kappa shape index (κ3) is 10.0. The molecule has 2 aliphatic rings. The summed E-state index contributed by atoms with van der Waals surface area (Å²) in [6.07, 6.45) is 0. The van der Waals surface area contributed by atoms with Crippen LogP contribution >= 0.6 is 0 Å². The second-order valence-electron chi connectivity index (χ2n) is 19.5. The number of rotatable bonds is 10. The molecule has 0 amide bonds. The van der Waals surface area contributed by atoms with E-state index in [9.17, 15) is 32.8 Å². The van der Waals surface area contributed by atoms with Crippen molar-refractivity contribution in [2.45, 2.75) is 46.2 Å². The molecular weight excluding hydrogens is 923 g/mol. The molecule has 10 rings (SSSR count). The predicted octanol–water partition coefficient (Wildman–Crippen LogP) is 5.16. The Hall–Kier alpha value is -7.93. The molecule has 0 radical (unpaired) electrons. The van der Waals surface area contributed by atoms with Gasteiger partial charge in [-0.05, 0) is 42.2 Å². The first kappa shape index (κ1) is 49.1. The van der Waals surface area contributed by atoms with Crippen LogP contribution in [0.3, 0.4) is 0 Å². The van der Waals surface area contributed by atoms with E-state index in [1.54, 1.807) is 59.6 Å². The van der Waals surface area contributed by atoms with E-state index >= 15 is 0 Å². The molecule has 4 aromatic carbocycles. The Kier molecular flexibility index (Phi) is 13.7. The van der Waals surface area contributed by atoms with Gasteiger partial charge < -0.3 is 14.7 Å². The minimum absolute atomic E-state index is 0.0257. The molecule has 0 unspecified atom stereocenters. The minimum atomic E-state index is -0.565. The van der Waals surface area contributed by atoms with Gasteiger partial charge in [0.2, 0.25) is 11.9 Å². The standard InChI is InChI=1S/C29H33FN6O3.C24H25FN6O2/c1-29(2,3)21-11-9-19(10-12-21)23(37)18-34-13-15-35(16-14-34)27-31-25-24(26(38)32-28(39)33(25)4)36(27)17-20-7-5-6-8-22(20)30;1-16-7-9-18(10-8-16)29-11-13-30(14-12-29)23-26-21-20(22(32)27-24(33)28(21)2)31(23)15-17-5-3-4-6-19(17)25/h5-12H,13-18H2,1-4H3,(H,32,38,39);3-10H,11-15H2,1-2H3,(H,27,32,33). The molecule has 72 heavy (non-hydrogen) atoms. The summed E-state index contributed by atoms with van der Waals surface area (Å²) in [5, 5.41) is 0. The Bertz CT molecular complexity index is 3530. The molecule has 0 saturated carbocycles. The highest BCUT2D eigenvalue weighted by Gasteiger charge is 2.28. The van der Waals surface area contributed by atoms with Crippen molar-refractivity contribution in [1.29, 1.82) is 0 Å². The van der Waals surface area contributed by atoms with Crippen molar-refractivity contribution in [3.8, 4) is 0 Å². The van der Waals surface area contributed by atoms with E-state index in [0.717, 1.165) is 13.1 Å². The van der Waals surface area contributed by atoms with Gasteiger partial charge in [-0.25, -0.2) is 18.4 Å². The predicted molar refractivity (Wildman–Crippen MR) is 276 cm³/mol. The van der Waals surface area contributed by atoms with Gasteiger partial charge >= 0.3 is 11.4 Å². The fourth-order valence-corrected chi connectivity index (χ4v) is 9.30. The molecule has 6 heterocycles. The van der Waals surface area contributed by atoms with Gasteiger partial charge in [0.05, 0.1) is 19.6 Å². The third-order valence-electron chi connectivity index (χ3n) is 13.6. The fourth-order valence-electron chi connectivity index (χ4n) is 9.30. The van der Waals surface area contributed by atoms with Crippen molar-refractivity contribution in [2.75, 3.05) is 73.6 Å². The average Bonchev–Trinajstić information content (AvgIpc) is 3.94. The van der Waals surface area contributed by atoms with E-state index in [0.29, 0.717) is 74.4 Å². The van der Waals surface area contributed by atoms with Crippen molar-refractivity contribution in [2.24, 2.45) is 14.1 Å².